The number of rotatable bonds is 0. The molecule has 1 aromatic carbocycles. The van der Waals surface area contributed by atoms with Crippen molar-refractivity contribution in [3.63, 3.8) is 0 Å². The Bertz CT molecular complexity index is 893. The topological polar surface area (TPSA) is 38.5 Å². The highest BCUT2D eigenvalue weighted by atomic mass is 16.5. The lowest BCUT2D eigenvalue weighted by Gasteiger charge is -2.09. The minimum Gasteiger partial charge on any atom is -0.452 e. The van der Waals surface area contributed by atoms with Crippen molar-refractivity contribution in [3.8, 4) is 0 Å². The summed E-state index contributed by atoms with van der Waals surface area (Å²) in [5, 5.41) is 2.26. The standard InChI is InChI=1S/C17H18NO3/c1-11-3-4-13-14-10-16(18-5-7-19-8-6-18)20-12(2)17(14)21-15(13)9-11/h3-4,9-10H,5-8H2,1-2H3/q+1. The Morgan fingerprint density at radius 2 is 1.76 bits per heavy atom. The summed E-state index contributed by atoms with van der Waals surface area (Å²) < 4.78 is 19.6. The first-order chi connectivity index (χ1) is 10.2. The molecule has 0 N–H and O–H groups in total. The molecule has 0 saturated carbocycles. The van der Waals surface area contributed by atoms with E-state index >= 15 is 0 Å². The highest BCUT2D eigenvalue weighted by Gasteiger charge is 2.17. The van der Waals surface area contributed by atoms with E-state index in [1.807, 2.05) is 6.92 Å². The van der Waals surface area contributed by atoms with Gasteiger partial charge in [0.2, 0.25) is 0 Å². The maximum atomic E-state index is 5.97. The monoisotopic (exact) mass is 284 g/mol. The Balaban J connectivity index is 2.06. The van der Waals surface area contributed by atoms with Crippen molar-refractivity contribution in [2.24, 2.45) is 0 Å². The lowest BCUT2D eigenvalue weighted by atomic mass is 10.1. The highest BCUT2D eigenvalue weighted by molar-refractivity contribution is 6.05. The quantitative estimate of drug-likeness (QED) is 0.596. The van der Waals surface area contributed by atoms with Gasteiger partial charge in [-0.3, -0.25) is 0 Å². The van der Waals surface area contributed by atoms with Crippen LogP contribution in [0.15, 0.2) is 33.1 Å². The molecule has 0 unspecified atom stereocenters. The van der Waals surface area contributed by atoms with E-state index in [9.17, 15) is 0 Å². The van der Waals surface area contributed by atoms with Gasteiger partial charge in [0.15, 0.2) is 24.4 Å². The summed E-state index contributed by atoms with van der Waals surface area (Å²) >= 11 is 0. The van der Waals surface area contributed by atoms with Gasteiger partial charge in [-0.15, -0.1) is 0 Å². The SMILES string of the molecule is Cc1ccc2c(c1)oc1c(C)oc(=[N+]3CCOCC3)cc12. The lowest BCUT2D eigenvalue weighted by Crippen LogP contribution is -2.39. The number of hydrogen-bond acceptors (Lipinski definition) is 3. The minimum atomic E-state index is 0.748. The minimum absolute atomic E-state index is 0.748. The summed E-state index contributed by atoms with van der Waals surface area (Å²) in [5.74, 6) is 0.822. The number of aryl methyl sites for hydroxylation is 2. The van der Waals surface area contributed by atoms with Gasteiger partial charge in [-0.25, -0.2) is 0 Å². The number of furan rings is 1. The fourth-order valence-corrected chi connectivity index (χ4v) is 2.92. The van der Waals surface area contributed by atoms with E-state index in [2.05, 4.69) is 35.8 Å². The van der Waals surface area contributed by atoms with Crippen molar-refractivity contribution in [2.45, 2.75) is 13.8 Å². The largest absolute Gasteiger partial charge is 0.452 e. The molecule has 1 fully saturated rings. The van der Waals surface area contributed by atoms with Crippen LogP contribution >= 0.6 is 0 Å². The lowest BCUT2D eigenvalue weighted by molar-refractivity contribution is 0.0921. The molecule has 1 saturated heterocycles. The molecule has 1 aliphatic heterocycles. The summed E-state index contributed by atoms with van der Waals surface area (Å²) in [6, 6.07) is 8.40. The zero-order valence-electron chi connectivity index (χ0n) is 12.3. The van der Waals surface area contributed by atoms with Crippen LogP contribution in [0.1, 0.15) is 11.3 Å². The van der Waals surface area contributed by atoms with Gasteiger partial charge in [-0.05, 0) is 25.5 Å². The molecule has 4 heteroatoms. The predicted octanol–water partition coefficient (Wildman–Crippen LogP) is 2.60. The van der Waals surface area contributed by atoms with Crippen LogP contribution in [0.25, 0.3) is 21.9 Å². The van der Waals surface area contributed by atoms with Gasteiger partial charge in [-0.2, -0.15) is 4.58 Å². The fourth-order valence-electron chi connectivity index (χ4n) is 2.92. The molecular weight excluding hydrogens is 266 g/mol. The maximum Gasteiger partial charge on any atom is 0.368 e. The van der Waals surface area contributed by atoms with Gasteiger partial charge in [0.05, 0.1) is 6.07 Å². The molecule has 0 atom stereocenters. The average molecular weight is 284 g/mol. The van der Waals surface area contributed by atoms with Gasteiger partial charge in [-0.1, -0.05) is 12.1 Å². The summed E-state index contributed by atoms with van der Waals surface area (Å²) in [5.41, 5.74) is 3.85. The van der Waals surface area contributed by atoms with Crippen LogP contribution < -0.4 is 10.1 Å². The van der Waals surface area contributed by atoms with Gasteiger partial charge in [0.1, 0.15) is 18.8 Å². The van der Waals surface area contributed by atoms with E-state index in [1.54, 1.807) is 0 Å². The van der Waals surface area contributed by atoms with Gasteiger partial charge in [0.25, 0.3) is 0 Å². The molecule has 0 bridgehead atoms. The molecule has 2 aromatic heterocycles. The van der Waals surface area contributed by atoms with Crippen LogP contribution in [0, 0.1) is 13.8 Å². The average Bonchev–Trinajstić information content (AvgIpc) is 2.86. The van der Waals surface area contributed by atoms with E-state index in [1.165, 1.54) is 5.56 Å². The second-order valence-electron chi connectivity index (χ2n) is 5.58. The third kappa shape index (κ3) is 2.07. The number of morpholine rings is 1. The van der Waals surface area contributed by atoms with Crippen molar-refractivity contribution >= 4 is 21.9 Å². The summed E-state index contributed by atoms with van der Waals surface area (Å²) in [6.45, 7) is 7.26. The van der Waals surface area contributed by atoms with E-state index < -0.39 is 0 Å². The van der Waals surface area contributed by atoms with E-state index in [4.69, 9.17) is 13.6 Å². The van der Waals surface area contributed by atoms with E-state index in [0.29, 0.717) is 0 Å². The van der Waals surface area contributed by atoms with Gasteiger partial charge in [0, 0.05) is 10.8 Å². The van der Waals surface area contributed by atoms with Crippen molar-refractivity contribution < 1.29 is 13.6 Å². The second kappa shape index (κ2) is 4.74. The molecule has 0 radical (unpaired) electrons. The van der Waals surface area contributed by atoms with Crippen molar-refractivity contribution in [1.29, 1.82) is 0 Å². The Kier molecular flexibility index (Phi) is 2.86. The van der Waals surface area contributed by atoms with E-state index in [0.717, 1.165) is 59.6 Å². The second-order valence-corrected chi connectivity index (χ2v) is 5.58. The van der Waals surface area contributed by atoms with Crippen LogP contribution in [0.5, 0.6) is 0 Å². The van der Waals surface area contributed by atoms with Gasteiger partial charge < -0.3 is 13.6 Å². The van der Waals surface area contributed by atoms with Crippen LogP contribution in [-0.4, -0.2) is 26.3 Å². The Morgan fingerprint density at radius 1 is 0.952 bits per heavy atom. The Morgan fingerprint density at radius 3 is 2.57 bits per heavy atom. The van der Waals surface area contributed by atoms with Gasteiger partial charge >= 0.3 is 5.55 Å². The first-order valence-corrected chi connectivity index (χ1v) is 7.32. The zero-order chi connectivity index (χ0) is 14.4. The molecule has 3 heterocycles. The number of hydrogen-bond donors (Lipinski definition) is 0. The highest BCUT2D eigenvalue weighted by Crippen LogP contribution is 2.29. The van der Waals surface area contributed by atoms with E-state index in [-0.39, 0.29) is 0 Å². The zero-order valence-corrected chi connectivity index (χ0v) is 12.3. The number of fused-ring (bicyclic) bond motifs is 3. The molecule has 21 heavy (non-hydrogen) atoms. The number of ether oxygens (including phenoxy) is 1. The van der Waals surface area contributed by atoms with Crippen molar-refractivity contribution in [3.05, 3.63) is 41.1 Å². The molecule has 4 rings (SSSR count). The van der Waals surface area contributed by atoms with Crippen LogP contribution in [0.3, 0.4) is 0 Å². The fraction of sp³-hybridized carbons (Fsp3) is 0.353. The smallest absolute Gasteiger partial charge is 0.368 e. The maximum absolute atomic E-state index is 5.97. The Hall–Kier alpha value is -2.07. The predicted molar refractivity (Wildman–Crippen MR) is 81.3 cm³/mol. The molecule has 0 spiro atoms. The van der Waals surface area contributed by atoms with Crippen LogP contribution in [-0.2, 0) is 4.74 Å². The Labute approximate surface area is 122 Å². The van der Waals surface area contributed by atoms with Crippen LogP contribution in [0.4, 0.5) is 0 Å². The molecule has 108 valence electrons. The first kappa shape index (κ1) is 12.7. The van der Waals surface area contributed by atoms with Crippen molar-refractivity contribution in [1.82, 2.24) is 4.58 Å². The van der Waals surface area contributed by atoms with Crippen molar-refractivity contribution in [2.75, 3.05) is 26.3 Å². The summed E-state index contributed by atoms with van der Waals surface area (Å²) in [6.07, 6.45) is 0. The molecular formula is C17H18NO3+. The molecule has 3 aromatic rings. The number of nitrogens with zero attached hydrogens (tertiary/aromatic N) is 1. The number of benzene rings is 1. The summed E-state index contributed by atoms with van der Waals surface area (Å²) in [7, 11) is 0. The molecule has 0 aliphatic carbocycles. The van der Waals surface area contributed by atoms with Crippen LogP contribution in [0.2, 0.25) is 0 Å². The third-order valence-electron chi connectivity index (χ3n) is 4.05. The molecule has 1 aliphatic rings. The molecule has 0 amide bonds. The third-order valence-corrected chi connectivity index (χ3v) is 4.05. The molecule has 4 nitrogen and oxygen atoms in total. The summed E-state index contributed by atoms with van der Waals surface area (Å²) in [4.78, 5) is 0. The normalized spacial score (nSPS) is 16.0. The first-order valence-electron chi connectivity index (χ1n) is 7.32.